The monoisotopic (exact) mass is 397 g/mol. The molecule has 0 fully saturated rings. The van der Waals surface area contributed by atoms with E-state index in [1.54, 1.807) is 12.3 Å². The molecule has 0 saturated carbocycles. The molecule has 1 heterocycles. The van der Waals surface area contributed by atoms with Crippen molar-refractivity contribution in [2.75, 3.05) is 12.1 Å². The molecule has 1 aliphatic rings. The van der Waals surface area contributed by atoms with Crippen LogP contribution in [0.1, 0.15) is 12.5 Å². The SMILES string of the molecule is Nc1nc(=O)n(C2C=CC(OCP(O)O)C2)cc1I. The first-order valence-corrected chi connectivity index (χ1v) is 7.98. The van der Waals surface area contributed by atoms with Gasteiger partial charge in [-0.05, 0) is 22.6 Å². The van der Waals surface area contributed by atoms with Crippen molar-refractivity contribution in [2.45, 2.75) is 18.6 Å². The zero-order valence-electron chi connectivity index (χ0n) is 9.81. The molecule has 4 N–H and O–H groups in total. The smallest absolute Gasteiger partial charge is 0.350 e. The number of hydrogen-bond donors (Lipinski definition) is 3. The number of allylic oxidation sites excluding steroid dienone is 1. The third-order valence-corrected chi connectivity index (χ3v) is 3.93. The standard InChI is InChI=1S/C10H13IN3O4P/c11-8-4-14(10(15)13-9(8)12)6-1-2-7(3-6)18-5-19(16)17/h1-2,4,6-7,16-17H,3,5H2,(H2,12,13,15). The third-order valence-electron chi connectivity index (χ3n) is 2.72. The van der Waals surface area contributed by atoms with Crippen LogP contribution in [0.5, 0.6) is 0 Å². The number of nitrogens with zero attached hydrogens (tertiary/aromatic N) is 2. The summed E-state index contributed by atoms with van der Waals surface area (Å²) in [6.07, 6.45) is 5.55. The molecule has 1 aromatic heterocycles. The molecule has 1 aromatic rings. The Labute approximate surface area is 124 Å². The number of rotatable bonds is 4. The lowest BCUT2D eigenvalue weighted by Crippen LogP contribution is -2.27. The number of aromatic nitrogens is 2. The highest BCUT2D eigenvalue weighted by atomic mass is 127. The quantitative estimate of drug-likeness (QED) is 0.389. The van der Waals surface area contributed by atoms with Gasteiger partial charge >= 0.3 is 5.69 Å². The Hall–Kier alpha value is -0.540. The third kappa shape index (κ3) is 3.73. The minimum Gasteiger partial charge on any atom is -0.383 e. The summed E-state index contributed by atoms with van der Waals surface area (Å²) in [5, 5.41) is 0. The second-order valence-corrected chi connectivity index (χ2v) is 6.22. The molecular weight excluding hydrogens is 384 g/mol. The van der Waals surface area contributed by atoms with Gasteiger partial charge in [0.1, 0.15) is 12.2 Å². The maximum atomic E-state index is 11.8. The van der Waals surface area contributed by atoms with E-state index < -0.39 is 14.1 Å². The number of halogens is 1. The molecule has 0 aromatic carbocycles. The molecule has 2 unspecified atom stereocenters. The Morgan fingerprint density at radius 3 is 3.00 bits per heavy atom. The van der Waals surface area contributed by atoms with Gasteiger partial charge in [0, 0.05) is 12.6 Å². The van der Waals surface area contributed by atoms with E-state index in [4.69, 9.17) is 20.3 Å². The molecular formula is C10H13IN3O4P. The van der Waals surface area contributed by atoms with E-state index in [-0.39, 0.29) is 24.3 Å². The second-order valence-electron chi connectivity index (χ2n) is 4.06. The zero-order valence-corrected chi connectivity index (χ0v) is 12.9. The Balaban J connectivity index is 2.08. The van der Waals surface area contributed by atoms with Crippen molar-refractivity contribution >= 4 is 36.8 Å². The Bertz CT molecular complexity index is 548. The van der Waals surface area contributed by atoms with Gasteiger partial charge in [0.2, 0.25) is 0 Å². The number of nitrogens with two attached hydrogens (primary N) is 1. The summed E-state index contributed by atoms with van der Waals surface area (Å²) in [6.45, 7) is 0. The van der Waals surface area contributed by atoms with E-state index in [0.717, 1.165) is 0 Å². The van der Waals surface area contributed by atoms with Crippen molar-refractivity contribution in [2.24, 2.45) is 0 Å². The maximum Gasteiger partial charge on any atom is 0.350 e. The van der Waals surface area contributed by atoms with Crippen LogP contribution in [0.25, 0.3) is 0 Å². The fraction of sp³-hybridized carbons (Fsp3) is 0.400. The number of hydrogen-bond acceptors (Lipinski definition) is 6. The van der Waals surface area contributed by atoms with Crippen LogP contribution in [0.4, 0.5) is 5.82 Å². The van der Waals surface area contributed by atoms with Crippen LogP contribution >= 0.6 is 31.0 Å². The van der Waals surface area contributed by atoms with Crippen molar-refractivity contribution in [1.29, 1.82) is 0 Å². The van der Waals surface area contributed by atoms with Crippen LogP contribution in [0.3, 0.4) is 0 Å². The van der Waals surface area contributed by atoms with Crippen LogP contribution in [0.15, 0.2) is 23.1 Å². The maximum absolute atomic E-state index is 11.8. The molecule has 0 spiro atoms. The topological polar surface area (TPSA) is 111 Å². The number of ether oxygens (including phenoxy) is 1. The Kier molecular flexibility index (Phi) is 4.91. The molecule has 0 bridgehead atoms. The Morgan fingerprint density at radius 1 is 1.58 bits per heavy atom. The lowest BCUT2D eigenvalue weighted by molar-refractivity contribution is 0.109. The van der Waals surface area contributed by atoms with E-state index in [0.29, 0.717) is 9.99 Å². The highest BCUT2D eigenvalue weighted by Gasteiger charge is 2.23. The van der Waals surface area contributed by atoms with Gasteiger partial charge in [-0.2, -0.15) is 4.98 Å². The first-order valence-electron chi connectivity index (χ1n) is 5.46. The first kappa shape index (κ1) is 14.9. The largest absolute Gasteiger partial charge is 0.383 e. The van der Waals surface area contributed by atoms with Gasteiger partial charge in [0.05, 0.1) is 15.7 Å². The number of nitrogen functional groups attached to an aromatic ring is 1. The average molecular weight is 397 g/mol. The summed E-state index contributed by atoms with van der Waals surface area (Å²) in [7, 11) is -2.06. The summed E-state index contributed by atoms with van der Waals surface area (Å²) in [4.78, 5) is 33.1. The van der Waals surface area contributed by atoms with Crippen LogP contribution in [-0.2, 0) is 4.74 Å². The van der Waals surface area contributed by atoms with E-state index in [1.165, 1.54) is 4.57 Å². The Morgan fingerprint density at radius 2 is 2.32 bits per heavy atom. The molecule has 0 saturated heterocycles. The lowest BCUT2D eigenvalue weighted by atomic mass is 10.2. The van der Waals surface area contributed by atoms with Gasteiger partial charge in [-0.3, -0.25) is 4.57 Å². The van der Waals surface area contributed by atoms with E-state index in [2.05, 4.69) is 4.98 Å². The van der Waals surface area contributed by atoms with Gasteiger partial charge in [0.15, 0.2) is 8.38 Å². The van der Waals surface area contributed by atoms with Crippen LogP contribution < -0.4 is 11.4 Å². The lowest BCUT2D eigenvalue weighted by Gasteiger charge is -2.15. The van der Waals surface area contributed by atoms with Crippen molar-refractivity contribution in [3.05, 3.63) is 32.4 Å². The summed E-state index contributed by atoms with van der Waals surface area (Å²) in [5.41, 5.74) is 5.17. The summed E-state index contributed by atoms with van der Waals surface area (Å²) in [6, 6.07) is -0.150. The highest BCUT2D eigenvalue weighted by Crippen LogP contribution is 2.29. The fourth-order valence-electron chi connectivity index (χ4n) is 1.83. The zero-order chi connectivity index (χ0) is 14.0. The van der Waals surface area contributed by atoms with Crippen LogP contribution in [0, 0.1) is 3.57 Å². The van der Waals surface area contributed by atoms with Gasteiger partial charge in [-0.25, -0.2) is 4.79 Å². The molecule has 19 heavy (non-hydrogen) atoms. The molecule has 104 valence electrons. The predicted octanol–water partition coefficient (Wildman–Crippen LogP) is 0.570. The van der Waals surface area contributed by atoms with Gasteiger partial charge in [-0.15, -0.1) is 0 Å². The molecule has 2 rings (SSSR count). The second kappa shape index (κ2) is 6.27. The predicted molar refractivity (Wildman–Crippen MR) is 79.5 cm³/mol. The normalized spacial score (nSPS) is 22.3. The van der Waals surface area contributed by atoms with Crippen LogP contribution in [-0.4, -0.2) is 31.8 Å². The molecule has 2 atom stereocenters. The molecule has 1 aliphatic carbocycles. The van der Waals surface area contributed by atoms with Crippen molar-refractivity contribution in [3.63, 3.8) is 0 Å². The van der Waals surface area contributed by atoms with E-state index in [9.17, 15) is 4.79 Å². The highest BCUT2D eigenvalue weighted by molar-refractivity contribution is 14.1. The molecule has 9 heteroatoms. The molecule has 7 nitrogen and oxygen atoms in total. The van der Waals surface area contributed by atoms with Crippen molar-refractivity contribution in [3.8, 4) is 0 Å². The van der Waals surface area contributed by atoms with Gasteiger partial charge in [0.25, 0.3) is 0 Å². The van der Waals surface area contributed by atoms with E-state index >= 15 is 0 Å². The van der Waals surface area contributed by atoms with E-state index in [1.807, 2.05) is 28.7 Å². The minimum absolute atomic E-state index is 0.0938. The average Bonchev–Trinajstić information content (AvgIpc) is 2.80. The van der Waals surface area contributed by atoms with Crippen molar-refractivity contribution in [1.82, 2.24) is 9.55 Å². The van der Waals surface area contributed by atoms with Crippen LogP contribution in [0.2, 0.25) is 0 Å². The number of anilines is 1. The summed E-state index contributed by atoms with van der Waals surface area (Å²) in [5.74, 6) is 0.225. The molecule has 0 radical (unpaired) electrons. The molecule has 0 aliphatic heterocycles. The van der Waals surface area contributed by atoms with Gasteiger partial charge < -0.3 is 20.3 Å². The van der Waals surface area contributed by atoms with Crippen molar-refractivity contribution < 1.29 is 14.5 Å². The van der Waals surface area contributed by atoms with Gasteiger partial charge in [-0.1, -0.05) is 12.2 Å². The molecule has 0 amide bonds. The summed E-state index contributed by atoms with van der Waals surface area (Å²) < 4.78 is 7.50. The summed E-state index contributed by atoms with van der Waals surface area (Å²) >= 11 is 2.02. The first-order chi connectivity index (χ1) is 8.97. The minimum atomic E-state index is -2.06. The fourth-order valence-corrected chi connectivity index (χ4v) is 2.58.